The summed E-state index contributed by atoms with van der Waals surface area (Å²) < 4.78 is 16.8. The standard InChI is InChI=1S/C77H118O6/c1-4-7-10-13-16-18-20-22-24-26-28-30-32-33-34-35-36-37-38-39-40-41-42-43-45-46-48-50-52-54-56-58-61-64-67-70-76(79)82-73-74(72-81-75(78)69-66-63-60-15-12-9-6-3)83-77(80)71-68-65-62-59-57-55-53-51-49-47-44-31-29-27-25-23-21-19-17-14-11-8-5-2/h7-8,10-11,16-19,22-25,28-31,33-34,36-37,39-40,42-43,46-49,52-55,74H,4-6,9,12-15,20-21,26-27,32,35,38,41,44-45,50-51,56-73H2,1-3H3/b10-7-,11-8-,18-16-,19-17-,24-22-,25-23-,30-28-,31-29-,34-33-,37-36-,40-39-,43-42-,48-46-,49-47-,54-52-,55-53-. The molecule has 0 spiro atoms. The third-order valence-electron chi connectivity index (χ3n) is 13.1. The van der Waals surface area contributed by atoms with Gasteiger partial charge in [0.25, 0.3) is 0 Å². The van der Waals surface area contributed by atoms with Crippen LogP contribution >= 0.6 is 0 Å². The zero-order chi connectivity index (χ0) is 59.9. The second-order valence-corrected chi connectivity index (χ2v) is 20.9. The monoisotopic (exact) mass is 1140 g/mol. The minimum absolute atomic E-state index is 0.105. The molecule has 0 saturated heterocycles. The van der Waals surface area contributed by atoms with E-state index in [4.69, 9.17) is 14.2 Å². The first-order valence-electron chi connectivity index (χ1n) is 32.9. The summed E-state index contributed by atoms with van der Waals surface area (Å²) in [5.74, 6) is -0.973. The van der Waals surface area contributed by atoms with E-state index in [1.165, 1.54) is 25.7 Å². The van der Waals surface area contributed by atoms with Gasteiger partial charge >= 0.3 is 17.9 Å². The van der Waals surface area contributed by atoms with Crippen LogP contribution in [0.1, 0.15) is 252 Å². The summed E-state index contributed by atoms with van der Waals surface area (Å²) in [7, 11) is 0. The fourth-order valence-corrected chi connectivity index (χ4v) is 8.24. The van der Waals surface area contributed by atoms with Crippen molar-refractivity contribution in [3.05, 3.63) is 194 Å². The summed E-state index contributed by atoms with van der Waals surface area (Å²) >= 11 is 0. The van der Waals surface area contributed by atoms with Gasteiger partial charge in [0, 0.05) is 19.3 Å². The summed E-state index contributed by atoms with van der Waals surface area (Å²) in [6, 6.07) is 0. The van der Waals surface area contributed by atoms with Crippen molar-refractivity contribution in [3.8, 4) is 0 Å². The van der Waals surface area contributed by atoms with Gasteiger partial charge in [0.05, 0.1) is 0 Å². The first-order valence-corrected chi connectivity index (χ1v) is 32.9. The van der Waals surface area contributed by atoms with Gasteiger partial charge in [0.1, 0.15) is 13.2 Å². The summed E-state index contributed by atoms with van der Waals surface area (Å²) in [4.78, 5) is 38.1. The van der Waals surface area contributed by atoms with E-state index in [9.17, 15) is 14.4 Å². The molecular weight excluding hydrogens is 1020 g/mol. The molecule has 0 aromatic rings. The SMILES string of the molecule is CC/C=C\C/C=C\C/C=C\C/C=C\C/C=C\C/C=C\C/C=C\C/C=C\C/C=C\C/C=C\CCCCCCC(=O)OCC(COC(=O)CCCCCCCCC)OC(=O)CCCCCC/C=C\C/C=C\C/C=C\C/C=C\C/C=C\C/C=C\CC. The molecule has 462 valence electrons. The highest BCUT2D eigenvalue weighted by molar-refractivity contribution is 5.71. The minimum atomic E-state index is -0.811. The third-order valence-corrected chi connectivity index (χ3v) is 13.1. The first-order chi connectivity index (χ1) is 41.0. The van der Waals surface area contributed by atoms with Crippen LogP contribution in [0.2, 0.25) is 0 Å². The average molecular weight is 1140 g/mol. The van der Waals surface area contributed by atoms with E-state index in [0.717, 1.165) is 186 Å². The van der Waals surface area contributed by atoms with Crippen LogP contribution in [0.15, 0.2) is 194 Å². The van der Waals surface area contributed by atoms with Crippen LogP contribution in [0.5, 0.6) is 0 Å². The van der Waals surface area contributed by atoms with Gasteiger partial charge in [-0.2, -0.15) is 0 Å². The van der Waals surface area contributed by atoms with Crippen molar-refractivity contribution in [2.24, 2.45) is 0 Å². The third kappa shape index (κ3) is 66.9. The second-order valence-electron chi connectivity index (χ2n) is 20.9. The maximum absolute atomic E-state index is 12.9. The van der Waals surface area contributed by atoms with Crippen LogP contribution in [-0.2, 0) is 28.6 Å². The molecule has 0 saturated carbocycles. The Labute approximate surface area is 509 Å². The Morgan fingerprint density at radius 3 is 0.735 bits per heavy atom. The fraction of sp³-hybridized carbons (Fsp3) is 0.545. The number of unbranched alkanes of at least 4 members (excludes halogenated alkanes) is 14. The van der Waals surface area contributed by atoms with E-state index < -0.39 is 6.10 Å². The minimum Gasteiger partial charge on any atom is -0.462 e. The Kier molecular flexibility index (Phi) is 64.0. The Morgan fingerprint density at radius 1 is 0.253 bits per heavy atom. The van der Waals surface area contributed by atoms with Crippen LogP contribution in [0.4, 0.5) is 0 Å². The van der Waals surface area contributed by atoms with E-state index in [0.29, 0.717) is 12.8 Å². The molecule has 0 aliphatic heterocycles. The van der Waals surface area contributed by atoms with E-state index in [-0.39, 0.29) is 37.5 Å². The average Bonchev–Trinajstić information content (AvgIpc) is 3.49. The summed E-state index contributed by atoms with van der Waals surface area (Å²) in [6.07, 6.45) is 105. The van der Waals surface area contributed by atoms with Gasteiger partial charge in [-0.25, -0.2) is 0 Å². The molecule has 0 aromatic carbocycles. The molecule has 1 atom stereocenters. The highest BCUT2D eigenvalue weighted by atomic mass is 16.6. The molecule has 0 aliphatic carbocycles. The number of carbonyl (C=O) groups is 3. The predicted octanol–water partition coefficient (Wildman–Crippen LogP) is 23.0. The molecule has 0 radical (unpaired) electrons. The van der Waals surface area contributed by atoms with Crippen LogP contribution in [-0.4, -0.2) is 37.2 Å². The predicted molar refractivity (Wildman–Crippen MR) is 361 cm³/mol. The van der Waals surface area contributed by atoms with Gasteiger partial charge in [0.15, 0.2) is 6.10 Å². The van der Waals surface area contributed by atoms with Gasteiger partial charge in [-0.15, -0.1) is 0 Å². The quantitative estimate of drug-likeness (QED) is 0.0261. The zero-order valence-electron chi connectivity index (χ0n) is 52.9. The summed E-state index contributed by atoms with van der Waals surface area (Å²) in [5, 5.41) is 0. The van der Waals surface area contributed by atoms with Gasteiger partial charge in [0.2, 0.25) is 0 Å². The van der Waals surface area contributed by atoms with Crippen LogP contribution in [0.3, 0.4) is 0 Å². The lowest BCUT2D eigenvalue weighted by Crippen LogP contribution is -2.30. The molecule has 1 unspecified atom stereocenters. The van der Waals surface area contributed by atoms with E-state index >= 15 is 0 Å². The van der Waals surface area contributed by atoms with Crippen molar-refractivity contribution in [2.75, 3.05) is 13.2 Å². The molecule has 0 bridgehead atoms. The van der Waals surface area contributed by atoms with Crippen molar-refractivity contribution in [1.82, 2.24) is 0 Å². The Bertz CT molecular complexity index is 1990. The molecule has 83 heavy (non-hydrogen) atoms. The number of hydrogen-bond acceptors (Lipinski definition) is 6. The van der Waals surface area contributed by atoms with Gasteiger partial charge < -0.3 is 14.2 Å². The highest BCUT2D eigenvalue weighted by Gasteiger charge is 2.19. The molecular formula is C77H118O6. The van der Waals surface area contributed by atoms with E-state index in [2.05, 4.69) is 215 Å². The molecule has 0 amide bonds. The second kappa shape index (κ2) is 68.7. The van der Waals surface area contributed by atoms with Crippen molar-refractivity contribution in [1.29, 1.82) is 0 Å². The summed E-state index contributed by atoms with van der Waals surface area (Å²) in [5.41, 5.74) is 0. The number of hydrogen-bond donors (Lipinski definition) is 0. The maximum atomic E-state index is 12.9. The van der Waals surface area contributed by atoms with E-state index in [1.54, 1.807) is 0 Å². The number of allylic oxidation sites excluding steroid dienone is 32. The number of esters is 3. The van der Waals surface area contributed by atoms with Crippen LogP contribution < -0.4 is 0 Å². The lowest BCUT2D eigenvalue weighted by Gasteiger charge is -2.18. The van der Waals surface area contributed by atoms with Gasteiger partial charge in [-0.3, -0.25) is 14.4 Å². The van der Waals surface area contributed by atoms with Crippen molar-refractivity contribution >= 4 is 17.9 Å². The highest BCUT2D eigenvalue weighted by Crippen LogP contribution is 2.13. The Balaban J connectivity index is 4.28. The molecule has 6 nitrogen and oxygen atoms in total. The molecule has 6 heteroatoms. The lowest BCUT2D eigenvalue weighted by molar-refractivity contribution is -0.167. The smallest absolute Gasteiger partial charge is 0.306 e. The van der Waals surface area contributed by atoms with Crippen molar-refractivity contribution in [3.63, 3.8) is 0 Å². The van der Waals surface area contributed by atoms with Crippen molar-refractivity contribution < 1.29 is 28.6 Å². The fourth-order valence-electron chi connectivity index (χ4n) is 8.24. The summed E-state index contributed by atoms with van der Waals surface area (Å²) in [6.45, 7) is 6.31. The molecule has 0 heterocycles. The van der Waals surface area contributed by atoms with E-state index in [1.807, 2.05) is 0 Å². The molecule has 0 aliphatic rings. The van der Waals surface area contributed by atoms with Crippen LogP contribution in [0.25, 0.3) is 0 Å². The van der Waals surface area contributed by atoms with Crippen LogP contribution in [0, 0.1) is 0 Å². The molecule has 0 aromatic heterocycles. The number of rotatable bonds is 57. The maximum Gasteiger partial charge on any atom is 0.306 e. The molecule has 0 N–H and O–H groups in total. The van der Waals surface area contributed by atoms with Gasteiger partial charge in [-0.1, -0.05) is 279 Å². The lowest BCUT2D eigenvalue weighted by atomic mass is 10.1. The molecule has 0 fully saturated rings. The normalized spacial score (nSPS) is 13.4. The topological polar surface area (TPSA) is 78.9 Å². The Hall–Kier alpha value is -5.75. The largest absolute Gasteiger partial charge is 0.462 e. The van der Waals surface area contributed by atoms with Gasteiger partial charge in [-0.05, 0) is 148 Å². The van der Waals surface area contributed by atoms with Crippen molar-refractivity contribution in [2.45, 2.75) is 258 Å². The Morgan fingerprint density at radius 2 is 0.470 bits per heavy atom. The number of carbonyl (C=O) groups excluding carboxylic acids is 3. The first kappa shape index (κ1) is 77.2. The molecule has 0 rings (SSSR count). The zero-order valence-corrected chi connectivity index (χ0v) is 52.9. The number of ether oxygens (including phenoxy) is 3.